The summed E-state index contributed by atoms with van der Waals surface area (Å²) in [5, 5.41) is 2.53. The average molecular weight is 257 g/mol. The van der Waals surface area contributed by atoms with Crippen LogP contribution in [0.4, 0.5) is 0 Å². The maximum atomic E-state index is 4.15. The van der Waals surface area contributed by atoms with Gasteiger partial charge in [0.25, 0.3) is 0 Å². The third kappa shape index (κ3) is 2.33. The fourth-order valence-electron chi connectivity index (χ4n) is 2.61. The summed E-state index contributed by atoms with van der Waals surface area (Å²) >= 11 is 0. The van der Waals surface area contributed by atoms with Crippen LogP contribution in [-0.4, -0.2) is 0 Å². The minimum absolute atomic E-state index is 1.09. The first-order valence-electron chi connectivity index (χ1n) is 6.83. The second kappa shape index (κ2) is 5.26. The van der Waals surface area contributed by atoms with Gasteiger partial charge in [0, 0.05) is 17.0 Å². The molecule has 0 nitrogen and oxygen atoms in total. The Bertz CT molecular complexity index is 738. The lowest BCUT2D eigenvalue weighted by atomic mass is 9.85. The number of hydrogen-bond acceptors (Lipinski definition) is 0. The van der Waals surface area contributed by atoms with Crippen molar-refractivity contribution in [1.82, 2.24) is 0 Å². The molecule has 20 heavy (non-hydrogen) atoms. The number of benzene rings is 3. The van der Waals surface area contributed by atoms with Gasteiger partial charge >= 0.3 is 0 Å². The minimum atomic E-state index is 1.09. The summed E-state index contributed by atoms with van der Waals surface area (Å²) in [7, 11) is 0. The van der Waals surface area contributed by atoms with E-state index in [1.807, 2.05) is 6.07 Å². The highest BCUT2D eigenvalue weighted by Gasteiger charge is 2.20. The molecule has 0 N–H and O–H groups in total. The summed E-state index contributed by atoms with van der Waals surface area (Å²) in [4.78, 5) is 0. The Balaban J connectivity index is 2.13. The molecule has 3 aromatic rings. The molecule has 96 valence electrons. The molecule has 0 aliphatic heterocycles. The Morgan fingerprint density at radius 2 is 1.40 bits per heavy atom. The van der Waals surface area contributed by atoms with E-state index in [0.717, 1.165) is 5.57 Å². The van der Waals surface area contributed by atoms with Gasteiger partial charge in [-0.3, -0.25) is 0 Å². The monoisotopic (exact) mass is 257 g/mol. The standard InChI is InChI=1S/C20H17/c1-15(2)20(17-9-4-3-5-10-17)19-13-12-16-8-6-7-11-18(16)14-19/h3-14H,1H2,2H3/q+1. The van der Waals surface area contributed by atoms with E-state index in [-0.39, 0.29) is 0 Å². The van der Waals surface area contributed by atoms with Crippen LogP contribution in [0.3, 0.4) is 0 Å². The van der Waals surface area contributed by atoms with Crippen LogP contribution in [0.1, 0.15) is 18.1 Å². The fourth-order valence-corrected chi connectivity index (χ4v) is 2.61. The van der Waals surface area contributed by atoms with Crippen LogP contribution in [0, 0.1) is 5.92 Å². The Morgan fingerprint density at radius 3 is 2.10 bits per heavy atom. The zero-order chi connectivity index (χ0) is 13.9. The highest BCUT2D eigenvalue weighted by molar-refractivity contribution is 5.84. The van der Waals surface area contributed by atoms with E-state index in [1.165, 1.54) is 27.8 Å². The van der Waals surface area contributed by atoms with Gasteiger partial charge in [0.15, 0.2) is 0 Å². The van der Waals surface area contributed by atoms with Gasteiger partial charge in [-0.1, -0.05) is 24.8 Å². The van der Waals surface area contributed by atoms with Gasteiger partial charge in [0.05, 0.1) is 17.0 Å². The lowest BCUT2D eigenvalue weighted by Gasteiger charge is -2.12. The van der Waals surface area contributed by atoms with Crippen molar-refractivity contribution >= 4 is 10.8 Å². The third-order valence-corrected chi connectivity index (χ3v) is 3.53. The van der Waals surface area contributed by atoms with E-state index in [4.69, 9.17) is 0 Å². The number of fused-ring (bicyclic) bond motifs is 1. The van der Waals surface area contributed by atoms with Gasteiger partial charge in [0.1, 0.15) is 0 Å². The quantitative estimate of drug-likeness (QED) is 0.552. The molecule has 0 heterocycles. The average Bonchev–Trinajstić information content (AvgIpc) is 2.48. The largest absolute Gasteiger partial charge is 0.0652 e. The van der Waals surface area contributed by atoms with Crippen molar-refractivity contribution in [2.45, 2.75) is 6.92 Å². The predicted octanol–water partition coefficient (Wildman–Crippen LogP) is 5.39. The summed E-state index contributed by atoms with van der Waals surface area (Å²) in [6.45, 7) is 6.22. The van der Waals surface area contributed by atoms with Crippen molar-refractivity contribution in [3.8, 4) is 0 Å². The van der Waals surface area contributed by atoms with Gasteiger partial charge in [-0.2, -0.15) is 0 Å². The molecule has 0 atom stereocenters. The molecule has 0 saturated heterocycles. The van der Waals surface area contributed by atoms with Crippen molar-refractivity contribution in [1.29, 1.82) is 0 Å². The smallest absolute Gasteiger partial charge is 0.0616 e. The van der Waals surface area contributed by atoms with Crippen LogP contribution >= 0.6 is 0 Å². The van der Waals surface area contributed by atoms with E-state index < -0.39 is 0 Å². The van der Waals surface area contributed by atoms with Crippen LogP contribution in [-0.2, 0) is 0 Å². The Labute approximate surface area is 120 Å². The van der Waals surface area contributed by atoms with Crippen LogP contribution in [0.15, 0.2) is 84.9 Å². The second-order valence-electron chi connectivity index (χ2n) is 5.08. The number of hydrogen-bond donors (Lipinski definition) is 0. The zero-order valence-corrected chi connectivity index (χ0v) is 11.6. The first-order chi connectivity index (χ1) is 9.75. The van der Waals surface area contributed by atoms with Crippen LogP contribution < -0.4 is 0 Å². The van der Waals surface area contributed by atoms with Crippen molar-refractivity contribution in [2.24, 2.45) is 0 Å². The normalized spacial score (nSPS) is 10.4. The molecule has 0 heteroatoms. The van der Waals surface area contributed by atoms with Gasteiger partial charge < -0.3 is 0 Å². The highest BCUT2D eigenvalue weighted by Crippen LogP contribution is 2.31. The Morgan fingerprint density at radius 1 is 0.750 bits per heavy atom. The summed E-state index contributed by atoms with van der Waals surface area (Å²) in [6, 6.07) is 25.5. The number of allylic oxidation sites excluding steroid dienone is 1. The molecule has 0 amide bonds. The van der Waals surface area contributed by atoms with Crippen LogP contribution in [0.25, 0.3) is 10.8 Å². The van der Waals surface area contributed by atoms with E-state index in [9.17, 15) is 0 Å². The molecular weight excluding hydrogens is 240 g/mol. The van der Waals surface area contributed by atoms with Crippen molar-refractivity contribution < 1.29 is 0 Å². The summed E-state index contributed by atoms with van der Waals surface area (Å²) in [5.41, 5.74) is 3.53. The first-order valence-corrected chi connectivity index (χ1v) is 6.83. The molecule has 0 aliphatic carbocycles. The third-order valence-electron chi connectivity index (χ3n) is 3.53. The number of rotatable bonds is 3. The molecule has 0 saturated carbocycles. The Kier molecular flexibility index (Phi) is 3.30. The molecule has 0 aromatic heterocycles. The van der Waals surface area contributed by atoms with Gasteiger partial charge in [-0.15, -0.1) is 0 Å². The van der Waals surface area contributed by atoms with Crippen molar-refractivity contribution in [3.05, 3.63) is 102 Å². The molecule has 0 aliphatic rings. The maximum absolute atomic E-state index is 4.15. The van der Waals surface area contributed by atoms with Crippen molar-refractivity contribution in [2.75, 3.05) is 0 Å². The summed E-state index contributed by atoms with van der Waals surface area (Å²) < 4.78 is 0. The van der Waals surface area contributed by atoms with Crippen LogP contribution in [0.2, 0.25) is 0 Å². The topological polar surface area (TPSA) is 0 Å². The molecule has 0 unspecified atom stereocenters. The van der Waals surface area contributed by atoms with Gasteiger partial charge in [-0.25, -0.2) is 0 Å². The first kappa shape index (κ1) is 12.6. The molecule has 0 fully saturated rings. The van der Waals surface area contributed by atoms with E-state index in [1.54, 1.807) is 0 Å². The molecule has 0 bridgehead atoms. The van der Waals surface area contributed by atoms with Gasteiger partial charge in [-0.05, 0) is 60.8 Å². The lowest BCUT2D eigenvalue weighted by molar-refractivity contribution is 1.20. The van der Waals surface area contributed by atoms with Crippen LogP contribution in [0.5, 0.6) is 0 Å². The fraction of sp³-hybridized carbons (Fsp3) is 0.0500. The van der Waals surface area contributed by atoms with Gasteiger partial charge in [0.2, 0.25) is 0 Å². The van der Waals surface area contributed by atoms with E-state index in [0.29, 0.717) is 0 Å². The second-order valence-corrected chi connectivity index (χ2v) is 5.08. The minimum Gasteiger partial charge on any atom is -0.0616 e. The maximum Gasteiger partial charge on any atom is 0.0652 e. The Hall–Kier alpha value is -2.47. The molecule has 3 rings (SSSR count). The van der Waals surface area contributed by atoms with E-state index >= 15 is 0 Å². The van der Waals surface area contributed by atoms with E-state index in [2.05, 4.69) is 80.2 Å². The summed E-state index contributed by atoms with van der Waals surface area (Å²) in [5.74, 6) is 1.22. The van der Waals surface area contributed by atoms with Crippen molar-refractivity contribution in [3.63, 3.8) is 0 Å². The highest BCUT2D eigenvalue weighted by atomic mass is 14.2. The molecule has 3 aromatic carbocycles. The predicted molar refractivity (Wildman–Crippen MR) is 86.7 cm³/mol. The zero-order valence-electron chi connectivity index (χ0n) is 11.6. The molecular formula is C20H17+. The SMILES string of the molecule is C=C(C)[C+](c1ccccc1)c1ccc2ccccc2c1. The molecule has 0 radical (unpaired) electrons. The summed E-state index contributed by atoms with van der Waals surface area (Å²) in [6.07, 6.45) is 0. The molecule has 0 spiro atoms. The lowest BCUT2D eigenvalue weighted by Crippen LogP contribution is -2.03.